The van der Waals surface area contributed by atoms with Gasteiger partial charge in [0, 0.05) is 10.9 Å². The second-order valence-corrected chi connectivity index (χ2v) is 6.63. The molecule has 0 amide bonds. The van der Waals surface area contributed by atoms with E-state index in [4.69, 9.17) is 9.47 Å². The van der Waals surface area contributed by atoms with Crippen LogP contribution < -0.4 is 15.0 Å². The topological polar surface area (TPSA) is 157 Å². The summed E-state index contributed by atoms with van der Waals surface area (Å²) in [4.78, 5) is 39.1. The van der Waals surface area contributed by atoms with Crippen molar-refractivity contribution < 1.29 is 29.3 Å². The number of fused-ring (bicyclic) bond motifs is 1. The van der Waals surface area contributed by atoms with Gasteiger partial charge in [0.05, 0.1) is 31.0 Å². The van der Waals surface area contributed by atoms with Crippen molar-refractivity contribution in [3.8, 4) is 28.4 Å². The summed E-state index contributed by atoms with van der Waals surface area (Å²) in [7, 11) is 2.95. The van der Waals surface area contributed by atoms with Crippen LogP contribution in [0.4, 0.5) is 0 Å². The molecular weight excluding hydrogens is 420 g/mol. The molecule has 0 unspecified atom stereocenters. The van der Waals surface area contributed by atoms with Crippen molar-refractivity contribution in [1.82, 2.24) is 20.0 Å². The molecule has 0 bridgehead atoms. The molecule has 0 aliphatic heterocycles. The van der Waals surface area contributed by atoms with Crippen molar-refractivity contribution in [2.75, 3.05) is 14.2 Å². The molecule has 0 fully saturated rings. The van der Waals surface area contributed by atoms with Crippen LogP contribution in [0, 0.1) is 0 Å². The smallest absolute Gasteiger partial charge is 0.359 e. The highest BCUT2D eigenvalue weighted by Crippen LogP contribution is 2.33. The highest BCUT2D eigenvalue weighted by atomic mass is 16.5. The Bertz CT molecular complexity index is 1420. The molecule has 4 aromatic rings. The molecule has 11 nitrogen and oxygen atoms in total. The molecule has 11 heteroatoms. The van der Waals surface area contributed by atoms with Gasteiger partial charge in [-0.05, 0) is 42.5 Å². The molecule has 2 heterocycles. The van der Waals surface area contributed by atoms with Gasteiger partial charge in [0.1, 0.15) is 11.5 Å². The molecule has 0 saturated carbocycles. The number of carbonyl (C=O) groups is 2. The molecule has 4 rings (SSSR count). The quantitative estimate of drug-likeness (QED) is 0.412. The number of aromatic nitrogens is 4. The number of aromatic amines is 1. The van der Waals surface area contributed by atoms with Crippen molar-refractivity contribution in [2.45, 2.75) is 0 Å². The standard InChI is InChI=1S/C21H16N4O7/c1-31-11-5-3-10(4-6-11)15-17(25-18(21(29)30)16(20(27)28)23-24-25)13-8-7-12(32-2)9-14(13)19(26)22-15/h3-9H,1-2H3,(H,22,26)(H,27,28)(H,29,30). The summed E-state index contributed by atoms with van der Waals surface area (Å²) < 4.78 is 11.2. The second kappa shape index (κ2) is 7.87. The van der Waals surface area contributed by atoms with Crippen molar-refractivity contribution in [1.29, 1.82) is 0 Å². The second-order valence-electron chi connectivity index (χ2n) is 6.63. The van der Waals surface area contributed by atoms with Crippen LogP contribution >= 0.6 is 0 Å². The number of benzene rings is 2. The number of hydrogen-bond acceptors (Lipinski definition) is 7. The monoisotopic (exact) mass is 436 g/mol. The van der Waals surface area contributed by atoms with Crippen LogP contribution in [0.3, 0.4) is 0 Å². The maximum Gasteiger partial charge on any atom is 0.359 e. The maximum atomic E-state index is 12.9. The molecule has 0 aliphatic rings. The molecule has 0 saturated heterocycles. The lowest BCUT2D eigenvalue weighted by Gasteiger charge is -2.15. The number of ether oxygens (including phenoxy) is 2. The number of hydrogen-bond donors (Lipinski definition) is 3. The minimum absolute atomic E-state index is 0.143. The summed E-state index contributed by atoms with van der Waals surface area (Å²) in [5.41, 5.74) is -0.963. The third kappa shape index (κ3) is 3.31. The Labute approximate surface area is 179 Å². The maximum absolute atomic E-state index is 12.9. The third-order valence-electron chi connectivity index (χ3n) is 4.87. The van der Waals surface area contributed by atoms with Crippen LogP contribution in [0.25, 0.3) is 27.7 Å². The van der Waals surface area contributed by atoms with Crippen LogP contribution in [0.5, 0.6) is 11.5 Å². The predicted molar refractivity (Wildman–Crippen MR) is 112 cm³/mol. The minimum Gasteiger partial charge on any atom is -0.497 e. The van der Waals surface area contributed by atoms with Gasteiger partial charge in [-0.25, -0.2) is 14.3 Å². The summed E-state index contributed by atoms with van der Waals surface area (Å²) >= 11 is 0. The van der Waals surface area contributed by atoms with E-state index in [9.17, 15) is 24.6 Å². The Hall–Kier alpha value is -4.67. The van der Waals surface area contributed by atoms with Crippen LogP contribution in [0.1, 0.15) is 21.0 Å². The number of aromatic carboxylic acids is 2. The minimum atomic E-state index is -1.55. The lowest BCUT2D eigenvalue weighted by atomic mass is 10.0. The van der Waals surface area contributed by atoms with Gasteiger partial charge < -0.3 is 24.7 Å². The van der Waals surface area contributed by atoms with Gasteiger partial charge in [0.15, 0.2) is 5.69 Å². The normalized spacial score (nSPS) is 10.8. The first-order valence-electron chi connectivity index (χ1n) is 9.16. The molecule has 0 aliphatic carbocycles. The SMILES string of the molecule is COc1ccc(-c2[nH]c(=O)c3cc(OC)ccc3c2-n2nnc(C(=O)O)c2C(=O)O)cc1. The van der Waals surface area contributed by atoms with E-state index >= 15 is 0 Å². The van der Waals surface area contributed by atoms with Gasteiger partial charge in [-0.3, -0.25) is 4.79 Å². The Balaban J connectivity index is 2.14. The van der Waals surface area contributed by atoms with Gasteiger partial charge in [-0.2, -0.15) is 0 Å². The molecule has 0 radical (unpaired) electrons. The molecular formula is C21H16N4O7. The van der Waals surface area contributed by atoms with Crippen molar-refractivity contribution in [3.05, 3.63) is 64.2 Å². The lowest BCUT2D eigenvalue weighted by Crippen LogP contribution is -2.17. The first-order valence-corrected chi connectivity index (χ1v) is 9.16. The Morgan fingerprint density at radius 1 is 0.938 bits per heavy atom. The summed E-state index contributed by atoms with van der Waals surface area (Å²) in [6, 6.07) is 11.3. The van der Waals surface area contributed by atoms with Crippen LogP contribution in [-0.4, -0.2) is 56.3 Å². The highest BCUT2D eigenvalue weighted by molar-refractivity contribution is 6.02. The average molecular weight is 436 g/mol. The van der Waals surface area contributed by atoms with Crippen molar-refractivity contribution in [2.24, 2.45) is 0 Å². The van der Waals surface area contributed by atoms with E-state index in [1.165, 1.54) is 20.3 Å². The largest absolute Gasteiger partial charge is 0.497 e. The number of rotatable bonds is 6. The molecule has 3 N–H and O–H groups in total. The van der Waals surface area contributed by atoms with E-state index < -0.39 is 28.9 Å². The lowest BCUT2D eigenvalue weighted by molar-refractivity contribution is 0.0642. The summed E-state index contributed by atoms with van der Waals surface area (Å²) in [5.74, 6) is -2.10. The first-order chi connectivity index (χ1) is 15.3. The Kier molecular flexibility index (Phi) is 5.07. The molecule has 2 aromatic heterocycles. The van der Waals surface area contributed by atoms with E-state index in [0.29, 0.717) is 22.4 Å². The number of carboxylic acids is 2. The van der Waals surface area contributed by atoms with E-state index in [0.717, 1.165) is 4.68 Å². The summed E-state index contributed by atoms with van der Waals surface area (Å²) in [6.45, 7) is 0. The zero-order chi connectivity index (χ0) is 23.0. The van der Waals surface area contributed by atoms with Crippen molar-refractivity contribution in [3.63, 3.8) is 0 Å². The van der Waals surface area contributed by atoms with Crippen LogP contribution in [0.2, 0.25) is 0 Å². The summed E-state index contributed by atoms with van der Waals surface area (Å²) in [6.07, 6.45) is 0. The number of methoxy groups -OCH3 is 2. The first kappa shape index (κ1) is 20.6. The van der Waals surface area contributed by atoms with E-state index in [2.05, 4.69) is 15.3 Å². The molecule has 32 heavy (non-hydrogen) atoms. The zero-order valence-electron chi connectivity index (χ0n) is 16.8. The van der Waals surface area contributed by atoms with Crippen LogP contribution in [-0.2, 0) is 0 Å². The summed E-state index contributed by atoms with van der Waals surface area (Å²) in [5, 5.41) is 26.9. The Morgan fingerprint density at radius 3 is 2.19 bits per heavy atom. The van der Waals surface area contributed by atoms with E-state index in [-0.39, 0.29) is 16.8 Å². The average Bonchev–Trinajstić information content (AvgIpc) is 3.24. The fourth-order valence-electron chi connectivity index (χ4n) is 3.38. The zero-order valence-corrected chi connectivity index (χ0v) is 16.8. The number of H-pyrrole nitrogens is 1. The van der Waals surface area contributed by atoms with Gasteiger partial charge in [-0.1, -0.05) is 5.21 Å². The van der Waals surface area contributed by atoms with E-state index in [1.54, 1.807) is 36.4 Å². The fraction of sp³-hybridized carbons (Fsp3) is 0.0952. The van der Waals surface area contributed by atoms with Gasteiger partial charge in [-0.15, -0.1) is 5.10 Å². The number of nitrogens with one attached hydrogen (secondary N) is 1. The van der Waals surface area contributed by atoms with Gasteiger partial charge in [0.25, 0.3) is 5.56 Å². The fourth-order valence-corrected chi connectivity index (χ4v) is 3.38. The van der Waals surface area contributed by atoms with Gasteiger partial charge in [0.2, 0.25) is 5.69 Å². The molecule has 0 atom stereocenters. The Morgan fingerprint density at radius 2 is 1.59 bits per heavy atom. The number of carboxylic acid groups (broad SMARTS) is 2. The molecule has 2 aromatic carbocycles. The molecule has 162 valence electrons. The van der Waals surface area contributed by atoms with E-state index in [1.807, 2.05) is 0 Å². The number of pyridine rings is 1. The van der Waals surface area contributed by atoms with Crippen LogP contribution in [0.15, 0.2) is 47.3 Å². The predicted octanol–water partition coefficient (Wildman–Crippen LogP) is 2.19. The third-order valence-corrected chi connectivity index (χ3v) is 4.87. The molecule has 0 spiro atoms. The highest BCUT2D eigenvalue weighted by Gasteiger charge is 2.28. The number of nitrogens with zero attached hydrogens (tertiary/aromatic N) is 3. The van der Waals surface area contributed by atoms with Gasteiger partial charge >= 0.3 is 11.9 Å². The van der Waals surface area contributed by atoms with Crippen molar-refractivity contribution >= 4 is 22.7 Å².